The fraction of sp³-hybridized carbons (Fsp3) is 0.150. The minimum Gasteiger partial charge on any atom is -0.348 e. The van der Waals surface area contributed by atoms with Crippen LogP contribution in [0.4, 0.5) is 0 Å². The quantitative estimate of drug-likeness (QED) is 0.670. The van der Waals surface area contributed by atoms with Gasteiger partial charge in [-0.2, -0.15) is 0 Å². The minimum atomic E-state index is -3.61. The fourth-order valence-corrected chi connectivity index (χ4v) is 4.37. The molecule has 4 rings (SSSR count). The molecule has 0 aliphatic carbocycles. The average molecular weight is 409 g/mol. The first kappa shape index (κ1) is 18.9. The molecule has 1 aliphatic rings. The van der Waals surface area contributed by atoms with Gasteiger partial charge in [0.15, 0.2) is 0 Å². The van der Waals surface area contributed by atoms with Crippen molar-refractivity contribution in [2.24, 2.45) is 4.99 Å². The predicted molar refractivity (Wildman–Crippen MR) is 108 cm³/mol. The number of hydrogen-bond donors (Lipinski definition) is 2. The fourth-order valence-electron chi connectivity index (χ4n) is 3.12. The van der Waals surface area contributed by atoms with Crippen molar-refractivity contribution in [2.45, 2.75) is 17.9 Å². The summed E-state index contributed by atoms with van der Waals surface area (Å²) in [5.74, 6) is -0.111. The molecule has 0 bridgehead atoms. The van der Waals surface area contributed by atoms with Gasteiger partial charge in [-0.1, -0.05) is 24.3 Å². The number of carbonyl (C=O) groups excluding carboxylic acids is 1. The highest BCUT2D eigenvalue weighted by molar-refractivity contribution is 7.90. The summed E-state index contributed by atoms with van der Waals surface area (Å²) in [5.41, 5.74) is 2.40. The Morgan fingerprint density at radius 1 is 1.21 bits per heavy atom. The number of imidazole rings is 1. The summed E-state index contributed by atoms with van der Waals surface area (Å²) in [4.78, 5) is 20.7. The highest BCUT2D eigenvalue weighted by atomic mass is 32.2. The number of aromatic nitrogens is 2. The molecule has 1 amide bonds. The molecule has 2 N–H and O–H groups in total. The summed E-state index contributed by atoms with van der Waals surface area (Å²) >= 11 is 0. The normalized spacial score (nSPS) is 16.8. The van der Waals surface area contributed by atoms with E-state index in [4.69, 9.17) is 0 Å². The summed E-state index contributed by atoms with van der Waals surface area (Å²) in [5, 5.41) is 2.88. The lowest BCUT2D eigenvalue weighted by Crippen LogP contribution is -2.30. The van der Waals surface area contributed by atoms with Crippen LogP contribution in [0.5, 0.6) is 0 Å². The van der Waals surface area contributed by atoms with Gasteiger partial charge in [-0.25, -0.2) is 13.4 Å². The number of amides is 1. The number of aliphatic imine (C=N–C) groups is 1. The number of benzene rings is 2. The predicted octanol–water partition coefficient (Wildman–Crippen LogP) is 1.79. The third-order valence-electron chi connectivity index (χ3n) is 4.62. The monoisotopic (exact) mass is 409 g/mol. The second-order valence-electron chi connectivity index (χ2n) is 6.62. The largest absolute Gasteiger partial charge is 0.348 e. The maximum Gasteiger partial charge on any atom is 0.263 e. The number of amidine groups is 1. The van der Waals surface area contributed by atoms with Crippen molar-refractivity contribution in [1.29, 1.82) is 0 Å². The summed E-state index contributed by atoms with van der Waals surface area (Å²) in [7, 11) is -3.61. The first-order chi connectivity index (χ1) is 13.9. The zero-order valence-corrected chi connectivity index (χ0v) is 16.4. The van der Waals surface area contributed by atoms with Gasteiger partial charge in [0.25, 0.3) is 10.0 Å². The lowest BCUT2D eigenvalue weighted by atomic mass is 10.1. The van der Waals surface area contributed by atoms with Crippen LogP contribution in [-0.4, -0.2) is 36.3 Å². The smallest absolute Gasteiger partial charge is 0.263 e. The Balaban J connectivity index is 1.41. The zero-order valence-electron chi connectivity index (χ0n) is 15.6. The van der Waals surface area contributed by atoms with Gasteiger partial charge in [-0.15, -0.1) is 0 Å². The van der Waals surface area contributed by atoms with Crippen LogP contribution >= 0.6 is 0 Å². The van der Waals surface area contributed by atoms with Crippen LogP contribution in [0.25, 0.3) is 5.69 Å². The van der Waals surface area contributed by atoms with Crippen molar-refractivity contribution >= 4 is 21.8 Å². The maximum absolute atomic E-state index is 12.3. The van der Waals surface area contributed by atoms with Gasteiger partial charge >= 0.3 is 0 Å². The van der Waals surface area contributed by atoms with E-state index in [0.717, 1.165) is 11.3 Å². The second-order valence-corrected chi connectivity index (χ2v) is 8.27. The number of rotatable bonds is 5. The van der Waals surface area contributed by atoms with Crippen LogP contribution in [0.3, 0.4) is 0 Å². The molecule has 1 aliphatic heterocycles. The maximum atomic E-state index is 12.3. The molecule has 29 heavy (non-hydrogen) atoms. The molecule has 148 valence electrons. The van der Waals surface area contributed by atoms with E-state index in [2.05, 4.69) is 20.0 Å². The van der Waals surface area contributed by atoms with Gasteiger partial charge in [-0.3, -0.25) is 14.5 Å². The van der Waals surface area contributed by atoms with Crippen molar-refractivity contribution in [2.75, 3.05) is 6.54 Å². The molecule has 0 saturated carbocycles. The third kappa shape index (κ3) is 3.90. The van der Waals surface area contributed by atoms with E-state index in [-0.39, 0.29) is 29.2 Å². The molecule has 2 aromatic carbocycles. The zero-order chi connectivity index (χ0) is 20.4. The van der Waals surface area contributed by atoms with Crippen LogP contribution < -0.4 is 10.0 Å². The summed E-state index contributed by atoms with van der Waals surface area (Å²) in [6.07, 6.45) is 5.28. The summed E-state index contributed by atoms with van der Waals surface area (Å²) < 4.78 is 28.5. The highest BCUT2D eigenvalue weighted by Crippen LogP contribution is 2.22. The molecule has 8 nitrogen and oxygen atoms in total. The van der Waals surface area contributed by atoms with E-state index in [1.54, 1.807) is 30.7 Å². The molecule has 0 fully saturated rings. The Morgan fingerprint density at radius 2 is 1.97 bits per heavy atom. The van der Waals surface area contributed by atoms with Crippen molar-refractivity contribution in [1.82, 2.24) is 19.6 Å². The second kappa shape index (κ2) is 7.51. The Bertz CT molecular complexity index is 1170. The molecule has 1 aromatic heterocycles. The topological polar surface area (TPSA) is 105 Å². The Labute approximate surface area is 168 Å². The lowest BCUT2D eigenvalue weighted by Gasteiger charge is -2.14. The molecule has 9 heteroatoms. The number of nitrogens with zero attached hydrogens (tertiary/aromatic N) is 3. The van der Waals surface area contributed by atoms with Crippen LogP contribution in [0.2, 0.25) is 0 Å². The van der Waals surface area contributed by atoms with E-state index < -0.39 is 10.0 Å². The van der Waals surface area contributed by atoms with E-state index in [0.29, 0.717) is 5.56 Å². The SMILES string of the molecule is C[C@@H](NC(=O)CN=C1NS(=O)(=O)c2ccccc21)c1ccc(-n2ccnc2)cc1. The van der Waals surface area contributed by atoms with Crippen molar-refractivity contribution < 1.29 is 13.2 Å². The summed E-state index contributed by atoms with van der Waals surface area (Å²) in [6.45, 7) is 1.70. The first-order valence-electron chi connectivity index (χ1n) is 8.98. The van der Waals surface area contributed by atoms with E-state index in [1.165, 1.54) is 6.07 Å². The van der Waals surface area contributed by atoms with Crippen LogP contribution in [0.15, 0.2) is 77.1 Å². The molecule has 0 unspecified atom stereocenters. The number of carbonyl (C=O) groups is 1. The Morgan fingerprint density at radius 3 is 2.69 bits per heavy atom. The standard InChI is InChI=1S/C20H19N5O3S/c1-14(15-6-8-16(9-7-15)25-11-10-21-13-25)23-19(26)12-22-20-17-4-2-3-5-18(17)29(27,28)24-20/h2-11,13-14H,12H2,1H3,(H,22,24)(H,23,26)/t14-/m1/s1. The number of nitrogens with one attached hydrogen (secondary N) is 2. The minimum absolute atomic E-state index is 0.172. The van der Waals surface area contributed by atoms with Gasteiger partial charge in [0.2, 0.25) is 5.91 Å². The van der Waals surface area contributed by atoms with Crippen LogP contribution in [0, 0.1) is 0 Å². The van der Waals surface area contributed by atoms with Crippen LogP contribution in [0.1, 0.15) is 24.1 Å². The average Bonchev–Trinajstić information content (AvgIpc) is 3.34. The lowest BCUT2D eigenvalue weighted by molar-refractivity contribution is -0.120. The van der Waals surface area contributed by atoms with Crippen molar-refractivity contribution in [3.8, 4) is 5.69 Å². The van der Waals surface area contributed by atoms with Crippen molar-refractivity contribution in [3.05, 3.63) is 78.4 Å². The van der Waals surface area contributed by atoms with Gasteiger partial charge in [0.1, 0.15) is 12.4 Å². The van der Waals surface area contributed by atoms with Crippen molar-refractivity contribution in [3.63, 3.8) is 0 Å². The number of fused-ring (bicyclic) bond motifs is 1. The van der Waals surface area contributed by atoms with E-state index in [1.807, 2.05) is 42.0 Å². The van der Waals surface area contributed by atoms with Gasteiger partial charge in [0.05, 0.1) is 17.3 Å². The highest BCUT2D eigenvalue weighted by Gasteiger charge is 2.30. The van der Waals surface area contributed by atoms with Gasteiger partial charge in [-0.05, 0) is 36.8 Å². The summed E-state index contributed by atoms with van der Waals surface area (Å²) in [6, 6.07) is 14.1. The third-order valence-corrected chi connectivity index (χ3v) is 6.01. The van der Waals surface area contributed by atoms with Crippen LogP contribution in [-0.2, 0) is 14.8 Å². The molecular formula is C20H19N5O3S. The molecule has 2 heterocycles. The van der Waals surface area contributed by atoms with Gasteiger partial charge in [0, 0.05) is 23.6 Å². The Hall–Kier alpha value is -3.46. The molecule has 0 saturated heterocycles. The van der Waals surface area contributed by atoms with Gasteiger partial charge < -0.3 is 9.88 Å². The molecular weight excluding hydrogens is 390 g/mol. The number of hydrogen-bond acceptors (Lipinski definition) is 5. The van der Waals surface area contributed by atoms with E-state index >= 15 is 0 Å². The molecule has 3 aromatic rings. The first-order valence-corrected chi connectivity index (χ1v) is 10.5. The Kier molecular flexibility index (Phi) is 4.89. The molecule has 0 spiro atoms. The number of sulfonamides is 1. The molecule has 1 atom stereocenters. The molecule has 0 radical (unpaired) electrons. The van der Waals surface area contributed by atoms with E-state index in [9.17, 15) is 13.2 Å².